The number of ether oxygens (including phenoxy) is 3. The molecule has 1 aromatic heterocycles. The summed E-state index contributed by atoms with van der Waals surface area (Å²) in [6, 6.07) is 7.79. The van der Waals surface area contributed by atoms with Gasteiger partial charge in [0.15, 0.2) is 11.5 Å². The lowest BCUT2D eigenvalue weighted by atomic mass is 9.93. The highest BCUT2D eigenvalue weighted by Crippen LogP contribution is 2.41. The van der Waals surface area contributed by atoms with E-state index in [1.807, 2.05) is 32.0 Å². The van der Waals surface area contributed by atoms with Crippen molar-refractivity contribution in [3.63, 3.8) is 0 Å². The van der Waals surface area contributed by atoms with E-state index in [1.165, 1.54) is 18.4 Å². The highest BCUT2D eigenvalue weighted by atomic mass is 16.7. The van der Waals surface area contributed by atoms with Gasteiger partial charge in [-0.2, -0.15) is 0 Å². The van der Waals surface area contributed by atoms with Crippen LogP contribution in [0.2, 0.25) is 0 Å². The molecule has 0 fully saturated rings. The molecule has 2 heterocycles. The summed E-state index contributed by atoms with van der Waals surface area (Å²) in [6.45, 7) is 4.60. The fourth-order valence-electron chi connectivity index (χ4n) is 4.66. The lowest BCUT2D eigenvalue weighted by Gasteiger charge is -2.13. The Morgan fingerprint density at radius 1 is 1.16 bits per heavy atom. The van der Waals surface area contributed by atoms with E-state index in [0.29, 0.717) is 12.3 Å². The Labute approximate surface area is 187 Å². The smallest absolute Gasteiger partial charge is 0.244 e. The van der Waals surface area contributed by atoms with E-state index in [2.05, 4.69) is 11.4 Å². The van der Waals surface area contributed by atoms with Crippen LogP contribution >= 0.6 is 0 Å². The molecule has 1 aliphatic carbocycles. The lowest BCUT2D eigenvalue weighted by Crippen LogP contribution is -2.20. The third-order valence-electron chi connectivity index (χ3n) is 6.31. The van der Waals surface area contributed by atoms with Gasteiger partial charge in [-0.1, -0.05) is 6.07 Å². The number of hydrogen-bond donors (Lipinski definition) is 1. The molecule has 0 radical (unpaired) electrons. The Hall–Kier alpha value is -3.41. The molecule has 0 saturated heterocycles. The van der Waals surface area contributed by atoms with Crippen molar-refractivity contribution < 1.29 is 23.4 Å². The second-order valence-corrected chi connectivity index (χ2v) is 8.40. The summed E-state index contributed by atoms with van der Waals surface area (Å²) in [5.41, 5.74) is 5.90. The maximum Gasteiger partial charge on any atom is 0.244 e. The Balaban J connectivity index is 1.40. The average molecular weight is 434 g/mol. The molecule has 1 aliphatic heterocycles. The van der Waals surface area contributed by atoms with Crippen LogP contribution in [-0.2, 0) is 24.2 Å². The zero-order valence-corrected chi connectivity index (χ0v) is 18.7. The number of hydrogen-bond acceptors (Lipinski definition) is 5. The van der Waals surface area contributed by atoms with E-state index in [1.54, 1.807) is 13.2 Å². The number of carbonyl (C=O) groups excluding carboxylic acids is 1. The molecule has 32 heavy (non-hydrogen) atoms. The van der Waals surface area contributed by atoms with Gasteiger partial charge in [0.1, 0.15) is 17.1 Å². The molecule has 2 aliphatic rings. The first-order chi connectivity index (χ1) is 15.5. The van der Waals surface area contributed by atoms with Gasteiger partial charge in [-0.05, 0) is 62.4 Å². The van der Waals surface area contributed by atoms with Gasteiger partial charge in [-0.25, -0.2) is 0 Å². The third-order valence-corrected chi connectivity index (χ3v) is 6.31. The quantitative estimate of drug-likeness (QED) is 0.569. The SMILES string of the molecule is COc1c(/C(C)=C/C(=O)NCc2ccc3c(c2)OCO3)cc2c3c(oc2c1C)CCCC3. The van der Waals surface area contributed by atoms with Crippen LogP contribution in [0.5, 0.6) is 17.2 Å². The number of furan rings is 1. The summed E-state index contributed by atoms with van der Waals surface area (Å²) in [7, 11) is 1.66. The molecular formula is C26H27NO5. The van der Waals surface area contributed by atoms with Crippen molar-refractivity contribution >= 4 is 22.4 Å². The number of fused-ring (bicyclic) bond motifs is 4. The third kappa shape index (κ3) is 3.60. The molecular weight excluding hydrogens is 406 g/mol. The summed E-state index contributed by atoms with van der Waals surface area (Å²) in [5, 5.41) is 4.09. The topological polar surface area (TPSA) is 69.9 Å². The number of nitrogens with one attached hydrogen (secondary N) is 1. The van der Waals surface area contributed by atoms with Crippen LogP contribution in [0.4, 0.5) is 0 Å². The van der Waals surface area contributed by atoms with Crippen LogP contribution in [-0.4, -0.2) is 19.8 Å². The largest absolute Gasteiger partial charge is 0.496 e. The minimum Gasteiger partial charge on any atom is -0.496 e. The van der Waals surface area contributed by atoms with Crippen molar-refractivity contribution in [3.8, 4) is 17.2 Å². The van der Waals surface area contributed by atoms with Gasteiger partial charge in [0.25, 0.3) is 0 Å². The normalized spacial score (nSPS) is 15.0. The minimum atomic E-state index is -0.158. The van der Waals surface area contributed by atoms with E-state index >= 15 is 0 Å². The number of allylic oxidation sites excluding steroid dienone is 1. The zero-order chi connectivity index (χ0) is 22.2. The number of rotatable bonds is 5. The lowest BCUT2D eigenvalue weighted by molar-refractivity contribution is -0.116. The fourth-order valence-corrected chi connectivity index (χ4v) is 4.66. The number of methoxy groups -OCH3 is 1. The summed E-state index contributed by atoms with van der Waals surface area (Å²) >= 11 is 0. The van der Waals surface area contributed by atoms with E-state index < -0.39 is 0 Å². The second-order valence-electron chi connectivity index (χ2n) is 8.40. The Morgan fingerprint density at radius 3 is 2.81 bits per heavy atom. The van der Waals surface area contributed by atoms with Crippen LogP contribution in [0, 0.1) is 6.92 Å². The maximum atomic E-state index is 12.7. The molecule has 2 aromatic carbocycles. The molecule has 1 amide bonds. The molecule has 166 valence electrons. The van der Waals surface area contributed by atoms with E-state index in [9.17, 15) is 4.79 Å². The van der Waals surface area contributed by atoms with Crippen molar-refractivity contribution in [2.24, 2.45) is 0 Å². The summed E-state index contributed by atoms with van der Waals surface area (Å²) in [5.74, 6) is 3.13. The molecule has 0 atom stereocenters. The molecule has 5 rings (SSSR count). The van der Waals surface area contributed by atoms with Gasteiger partial charge in [0.05, 0.1) is 7.11 Å². The molecule has 0 bridgehead atoms. The van der Waals surface area contributed by atoms with Crippen LogP contribution in [0.1, 0.15) is 47.8 Å². The van der Waals surface area contributed by atoms with Gasteiger partial charge in [-0.15, -0.1) is 0 Å². The summed E-state index contributed by atoms with van der Waals surface area (Å²) in [4.78, 5) is 12.7. The monoisotopic (exact) mass is 433 g/mol. The van der Waals surface area contributed by atoms with Crippen LogP contribution < -0.4 is 19.5 Å². The van der Waals surface area contributed by atoms with Crippen molar-refractivity contribution in [3.05, 3.63) is 58.4 Å². The van der Waals surface area contributed by atoms with Crippen LogP contribution in [0.25, 0.3) is 16.5 Å². The molecule has 0 saturated carbocycles. The van der Waals surface area contributed by atoms with Crippen LogP contribution in [0.15, 0.2) is 34.8 Å². The first-order valence-corrected chi connectivity index (χ1v) is 11.0. The van der Waals surface area contributed by atoms with Crippen molar-refractivity contribution in [1.82, 2.24) is 5.32 Å². The maximum absolute atomic E-state index is 12.7. The molecule has 1 N–H and O–H groups in total. The first kappa shape index (κ1) is 20.5. The second kappa shape index (κ2) is 8.26. The van der Waals surface area contributed by atoms with Gasteiger partial charge >= 0.3 is 0 Å². The standard InChI is InChI=1S/C26H27NO5/c1-15(10-24(28)27-13-17-8-9-22-23(11-17)31-14-30-22)19-12-20-18-6-4-5-7-21(18)32-26(20)16(2)25(19)29-3/h8-12H,4-7,13-14H2,1-3H3,(H,27,28)/b15-10+. The number of amides is 1. The Kier molecular flexibility index (Phi) is 5.29. The number of aryl methyl sites for hydroxylation is 3. The fraction of sp³-hybridized carbons (Fsp3) is 0.346. The van der Waals surface area contributed by atoms with Crippen molar-refractivity contribution in [1.29, 1.82) is 0 Å². The molecule has 6 heteroatoms. The summed E-state index contributed by atoms with van der Waals surface area (Å²) < 4.78 is 22.7. The zero-order valence-electron chi connectivity index (χ0n) is 18.7. The molecule has 0 spiro atoms. The Bertz CT molecular complexity index is 1240. The summed E-state index contributed by atoms with van der Waals surface area (Å²) in [6.07, 6.45) is 5.99. The highest BCUT2D eigenvalue weighted by Gasteiger charge is 2.23. The van der Waals surface area contributed by atoms with Crippen LogP contribution in [0.3, 0.4) is 0 Å². The van der Waals surface area contributed by atoms with E-state index in [4.69, 9.17) is 18.6 Å². The van der Waals surface area contributed by atoms with Gasteiger partial charge in [0, 0.05) is 41.1 Å². The number of benzene rings is 2. The number of carbonyl (C=O) groups is 1. The first-order valence-electron chi connectivity index (χ1n) is 11.0. The average Bonchev–Trinajstić information content (AvgIpc) is 3.42. The van der Waals surface area contributed by atoms with Gasteiger partial charge in [0.2, 0.25) is 12.7 Å². The van der Waals surface area contributed by atoms with E-state index in [-0.39, 0.29) is 12.7 Å². The molecule has 0 unspecified atom stereocenters. The predicted octanol–water partition coefficient (Wildman–Crippen LogP) is 5.08. The van der Waals surface area contributed by atoms with Crippen molar-refractivity contribution in [2.75, 3.05) is 13.9 Å². The van der Waals surface area contributed by atoms with E-state index in [0.717, 1.165) is 63.3 Å². The molecule has 3 aromatic rings. The highest BCUT2D eigenvalue weighted by molar-refractivity contribution is 5.98. The minimum absolute atomic E-state index is 0.158. The Morgan fingerprint density at radius 2 is 1.97 bits per heavy atom. The molecule has 6 nitrogen and oxygen atoms in total. The van der Waals surface area contributed by atoms with Gasteiger partial charge in [-0.3, -0.25) is 4.79 Å². The van der Waals surface area contributed by atoms with Crippen molar-refractivity contribution in [2.45, 2.75) is 46.1 Å². The van der Waals surface area contributed by atoms with Gasteiger partial charge < -0.3 is 23.9 Å². The predicted molar refractivity (Wildman–Crippen MR) is 122 cm³/mol.